The van der Waals surface area contributed by atoms with Gasteiger partial charge in [-0.15, -0.1) is 23.2 Å². The van der Waals surface area contributed by atoms with Crippen LogP contribution in [-0.4, -0.2) is 82.0 Å². The molecule has 0 saturated heterocycles. The second-order valence-electron chi connectivity index (χ2n) is 3.22. The van der Waals surface area contributed by atoms with E-state index in [1.807, 2.05) is 0 Å². The first-order valence-electron chi connectivity index (χ1n) is 5.88. The van der Waals surface area contributed by atoms with E-state index in [0.29, 0.717) is 33.0 Å². The molecule has 0 amide bonds. The first kappa shape index (κ1) is 22.6. The van der Waals surface area contributed by atoms with Crippen molar-refractivity contribution in [3.8, 4) is 0 Å². The number of aliphatic hydroxyl groups excluding tert-OH is 1. The van der Waals surface area contributed by atoms with Crippen LogP contribution in [0.3, 0.4) is 0 Å². The number of methoxy groups -OCH3 is 2. The molecule has 0 aliphatic heterocycles. The van der Waals surface area contributed by atoms with Gasteiger partial charge >= 0.3 is 5.97 Å². The van der Waals surface area contributed by atoms with Crippen LogP contribution < -0.4 is 0 Å². The van der Waals surface area contributed by atoms with Crippen LogP contribution in [-0.2, 0) is 23.7 Å². The number of aliphatic hydroxyl groups is 2. The highest BCUT2D eigenvalue weighted by Gasteiger charge is 2.25. The predicted octanol–water partition coefficient (Wildman–Crippen LogP) is 0.389. The summed E-state index contributed by atoms with van der Waals surface area (Å²) in [6.07, 6.45) is 0. The van der Waals surface area contributed by atoms with Gasteiger partial charge in [-0.2, -0.15) is 0 Å². The monoisotopic (exact) mass is 338 g/mol. The molecule has 0 rings (SSSR count). The molecule has 9 heteroatoms. The second-order valence-corrected chi connectivity index (χ2v) is 4.03. The van der Waals surface area contributed by atoms with E-state index in [9.17, 15) is 5.11 Å². The number of rotatable bonds is 12. The van der Waals surface area contributed by atoms with Crippen molar-refractivity contribution in [2.75, 3.05) is 65.8 Å². The van der Waals surface area contributed by atoms with Crippen molar-refractivity contribution in [1.29, 1.82) is 0 Å². The minimum atomic E-state index is -1.70. The van der Waals surface area contributed by atoms with E-state index in [2.05, 4.69) is 9.47 Å². The molecule has 0 atom stereocenters. The van der Waals surface area contributed by atoms with Gasteiger partial charge in [0.25, 0.3) is 0 Å². The minimum Gasteiger partial charge on any atom is -0.394 e. The van der Waals surface area contributed by atoms with E-state index in [-0.39, 0.29) is 18.6 Å². The predicted molar refractivity (Wildman–Crippen MR) is 75.1 cm³/mol. The highest BCUT2D eigenvalue weighted by molar-refractivity contribution is 6.40. The number of halogens is 2. The first-order chi connectivity index (χ1) is 9.60. The maximum absolute atomic E-state index is 9.47. The van der Waals surface area contributed by atoms with Crippen LogP contribution in [0, 0.1) is 0 Å². The van der Waals surface area contributed by atoms with Gasteiger partial charge in [-0.05, 0) is 0 Å². The molecule has 0 bridgehead atoms. The Morgan fingerprint density at radius 2 is 1.25 bits per heavy atom. The molecular weight excluding hydrogens is 315 g/mol. The van der Waals surface area contributed by atoms with Crippen molar-refractivity contribution in [2.45, 2.75) is 5.97 Å². The van der Waals surface area contributed by atoms with Gasteiger partial charge in [0.05, 0.1) is 45.0 Å². The maximum Gasteiger partial charge on any atom is 0.304 e. The van der Waals surface area contributed by atoms with Crippen molar-refractivity contribution in [3.63, 3.8) is 0 Å². The van der Waals surface area contributed by atoms with Crippen LogP contribution in [0.5, 0.6) is 0 Å². The van der Waals surface area contributed by atoms with E-state index < -0.39 is 5.97 Å². The number of hydrogen-bond donors (Lipinski definition) is 2. The van der Waals surface area contributed by atoms with Crippen molar-refractivity contribution in [1.82, 2.24) is 0 Å². The third-order valence-electron chi connectivity index (χ3n) is 1.90. The molecule has 0 unspecified atom stereocenters. The molecule has 0 radical (unpaired) electrons. The van der Waals surface area contributed by atoms with Crippen LogP contribution in [0.2, 0.25) is 0 Å². The zero-order valence-electron chi connectivity index (χ0n) is 11.8. The Bertz CT molecular complexity index is 182. The van der Waals surface area contributed by atoms with Gasteiger partial charge in [0.15, 0.2) is 0 Å². The zero-order chi connectivity index (χ0) is 15.7. The number of alkyl halides is 2. The Morgan fingerprint density at radius 3 is 1.65 bits per heavy atom. The van der Waals surface area contributed by atoms with Crippen molar-refractivity contribution in [2.24, 2.45) is 0 Å². The normalized spacial score (nSPS) is 11.1. The van der Waals surface area contributed by atoms with Crippen LogP contribution in [0.4, 0.5) is 0 Å². The van der Waals surface area contributed by atoms with Crippen LogP contribution in [0.1, 0.15) is 0 Å². The third-order valence-corrected chi connectivity index (χ3v) is 1.90. The fourth-order valence-electron chi connectivity index (χ4n) is 0.907. The Labute approximate surface area is 129 Å². The van der Waals surface area contributed by atoms with Gasteiger partial charge in [0, 0.05) is 14.2 Å². The van der Waals surface area contributed by atoms with E-state index in [1.54, 1.807) is 0 Å². The topological polar surface area (TPSA) is 86.6 Å². The summed E-state index contributed by atoms with van der Waals surface area (Å²) in [6, 6.07) is 0. The number of hydrogen-bond acceptors (Lipinski definition) is 7. The standard InChI is InChI=1S/C10H22O7.CH2Cl2/c1-13-10(12,14-2)9-17-8-7-16-6-5-15-4-3-11;2-1-3/h11-12H,3-9H2,1-2H3;1H2. The molecule has 124 valence electrons. The largest absolute Gasteiger partial charge is 0.394 e. The molecule has 0 aliphatic carbocycles. The van der Waals surface area contributed by atoms with Gasteiger partial charge < -0.3 is 33.9 Å². The SMILES string of the molecule is COC(O)(COCCOCCOCCO)OC.ClCCl. The van der Waals surface area contributed by atoms with Gasteiger partial charge in [-0.1, -0.05) is 0 Å². The smallest absolute Gasteiger partial charge is 0.304 e. The molecule has 0 aromatic carbocycles. The Hall–Kier alpha value is 0.300. The lowest BCUT2D eigenvalue weighted by atomic mass is 10.6. The lowest BCUT2D eigenvalue weighted by Crippen LogP contribution is -2.39. The molecule has 0 aliphatic rings. The van der Waals surface area contributed by atoms with Gasteiger partial charge in [0.1, 0.15) is 6.61 Å². The summed E-state index contributed by atoms with van der Waals surface area (Å²) in [7, 11) is 2.64. The van der Waals surface area contributed by atoms with Crippen molar-refractivity contribution in [3.05, 3.63) is 0 Å². The molecule has 0 aromatic rings. The average molecular weight is 339 g/mol. The summed E-state index contributed by atoms with van der Waals surface area (Å²) >= 11 is 9.53. The first-order valence-corrected chi connectivity index (χ1v) is 6.95. The fraction of sp³-hybridized carbons (Fsp3) is 1.00. The van der Waals surface area contributed by atoms with E-state index >= 15 is 0 Å². The summed E-state index contributed by atoms with van der Waals surface area (Å²) in [5, 5.41) is 18.1. The summed E-state index contributed by atoms with van der Waals surface area (Å²) in [4.78, 5) is 0. The van der Waals surface area contributed by atoms with E-state index in [4.69, 9.17) is 42.5 Å². The van der Waals surface area contributed by atoms with Gasteiger partial charge in [-0.25, -0.2) is 0 Å². The lowest BCUT2D eigenvalue weighted by molar-refractivity contribution is -0.357. The molecule has 2 N–H and O–H groups in total. The number of ether oxygens (including phenoxy) is 5. The zero-order valence-corrected chi connectivity index (χ0v) is 13.4. The van der Waals surface area contributed by atoms with Gasteiger partial charge in [-0.3, -0.25) is 0 Å². The quantitative estimate of drug-likeness (QED) is 0.302. The van der Waals surface area contributed by atoms with E-state index in [0.717, 1.165) is 0 Å². The third kappa shape index (κ3) is 16.4. The molecule has 0 heterocycles. The average Bonchev–Trinajstić information content (AvgIpc) is 2.46. The van der Waals surface area contributed by atoms with Crippen LogP contribution >= 0.6 is 23.2 Å². The summed E-state index contributed by atoms with van der Waals surface area (Å²) < 4.78 is 24.6. The second kappa shape index (κ2) is 17.4. The van der Waals surface area contributed by atoms with Crippen molar-refractivity contribution >= 4 is 23.2 Å². The highest BCUT2D eigenvalue weighted by Crippen LogP contribution is 2.05. The van der Waals surface area contributed by atoms with Gasteiger partial charge in [0.2, 0.25) is 0 Å². The maximum atomic E-state index is 9.47. The summed E-state index contributed by atoms with van der Waals surface area (Å²) in [5.74, 6) is -1.70. The molecule has 0 saturated carbocycles. The Morgan fingerprint density at radius 1 is 0.850 bits per heavy atom. The van der Waals surface area contributed by atoms with Crippen LogP contribution in [0.25, 0.3) is 0 Å². The Balaban J connectivity index is 0. The summed E-state index contributed by atoms with van der Waals surface area (Å²) in [6.45, 7) is 1.79. The van der Waals surface area contributed by atoms with E-state index in [1.165, 1.54) is 14.2 Å². The Kier molecular flexibility index (Phi) is 19.6. The highest BCUT2D eigenvalue weighted by atomic mass is 35.5. The molecule has 0 fully saturated rings. The molecule has 7 nitrogen and oxygen atoms in total. The van der Waals surface area contributed by atoms with Crippen LogP contribution in [0.15, 0.2) is 0 Å². The van der Waals surface area contributed by atoms with Crippen molar-refractivity contribution < 1.29 is 33.9 Å². The minimum absolute atomic E-state index is 0.00965. The molecule has 20 heavy (non-hydrogen) atoms. The molecular formula is C11H24Cl2O7. The molecule has 0 spiro atoms. The fourth-order valence-corrected chi connectivity index (χ4v) is 0.907. The molecule has 0 aromatic heterocycles. The lowest BCUT2D eigenvalue weighted by Gasteiger charge is -2.23. The summed E-state index contributed by atoms with van der Waals surface area (Å²) in [5.41, 5.74) is 0.